The van der Waals surface area contributed by atoms with E-state index in [1.807, 2.05) is 0 Å². The zero-order valence-corrected chi connectivity index (χ0v) is 10.9. The quantitative estimate of drug-likeness (QED) is 0.800. The number of carbonyl (C=O) groups excluding carboxylic acids is 1. The molecule has 0 saturated heterocycles. The Labute approximate surface area is 98.4 Å². The smallest absolute Gasteiger partial charge is 0.145 e. The molecule has 2 bridgehead atoms. The minimum absolute atomic E-state index is 0.0729. The number of rotatable bonds is 3. The van der Waals surface area contributed by atoms with Gasteiger partial charge >= 0.3 is 0 Å². The van der Waals surface area contributed by atoms with Crippen molar-refractivity contribution in [1.29, 1.82) is 0 Å². The van der Waals surface area contributed by atoms with Crippen molar-refractivity contribution >= 4 is 5.78 Å². The van der Waals surface area contributed by atoms with E-state index in [0.717, 1.165) is 25.7 Å². The Kier molecular flexibility index (Phi) is 2.69. The van der Waals surface area contributed by atoms with Gasteiger partial charge in [0.05, 0.1) is 6.10 Å². The van der Waals surface area contributed by atoms with Gasteiger partial charge in [0, 0.05) is 11.3 Å². The maximum absolute atomic E-state index is 12.5. The molecule has 0 spiro atoms. The van der Waals surface area contributed by atoms with Gasteiger partial charge in [-0.25, -0.2) is 0 Å². The summed E-state index contributed by atoms with van der Waals surface area (Å²) in [5, 5.41) is 10.2. The molecule has 2 aliphatic rings. The van der Waals surface area contributed by atoms with Crippen LogP contribution in [0.1, 0.15) is 53.4 Å². The number of hydrogen-bond donors (Lipinski definition) is 1. The van der Waals surface area contributed by atoms with Crippen LogP contribution in [0.3, 0.4) is 0 Å². The fourth-order valence-electron chi connectivity index (χ4n) is 4.07. The summed E-state index contributed by atoms with van der Waals surface area (Å²) >= 11 is 0. The highest BCUT2D eigenvalue weighted by atomic mass is 16.3. The molecule has 0 amide bonds. The Hall–Kier alpha value is -0.370. The predicted molar refractivity (Wildman–Crippen MR) is 64.0 cm³/mol. The molecule has 2 heteroatoms. The third kappa shape index (κ3) is 1.25. The summed E-state index contributed by atoms with van der Waals surface area (Å²) in [6.07, 6.45) is 3.43. The van der Waals surface area contributed by atoms with Gasteiger partial charge in [0.2, 0.25) is 0 Å². The first-order valence-corrected chi connectivity index (χ1v) is 6.58. The highest BCUT2D eigenvalue weighted by molar-refractivity contribution is 5.92. The molecule has 2 aliphatic carbocycles. The average molecular weight is 224 g/mol. The molecule has 92 valence electrons. The van der Waals surface area contributed by atoms with Crippen molar-refractivity contribution in [2.24, 2.45) is 22.7 Å². The highest BCUT2D eigenvalue weighted by Gasteiger charge is 2.67. The number of hydrogen-bond acceptors (Lipinski definition) is 2. The molecule has 2 nitrogen and oxygen atoms in total. The Morgan fingerprint density at radius 1 is 1.44 bits per heavy atom. The van der Waals surface area contributed by atoms with Gasteiger partial charge in [-0.15, -0.1) is 0 Å². The standard InChI is InChI=1S/C14H24O2/c1-5-6-10(15)11-9-7-8-14(4,12(11)16)13(9,2)3/h9-11,15H,5-8H2,1-4H3/t9-,10+,11+,14+/m1/s1. The van der Waals surface area contributed by atoms with Crippen molar-refractivity contribution in [2.75, 3.05) is 0 Å². The van der Waals surface area contributed by atoms with E-state index in [-0.39, 0.29) is 16.7 Å². The first kappa shape index (κ1) is 12.1. The molecule has 2 fully saturated rings. The van der Waals surface area contributed by atoms with Gasteiger partial charge in [-0.1, -0.05) is 34.1 Å². The number of aliphatic hydroxyl groups excluding tert-OH is 1. The van der Waals surface area contributed by atoms with Crippen molar-refractivity contribution in [1.82, 2.24) is 0 Å². The molecule has 1 N–H and O–H groups in total. The van der Waals surface area contributed by atoms with Gasteiger partial charge in [0.25, 0.3) is 0 Å². The van der Waals surface area contributed by atoms with Crippen molar-refractivity contribution in [3.63, 3.8) is 0 Å². The third-order valence-corrected chi connectivity index (χ3v) is 5.58. The van der Waals surface area contributed by atoms with Gasteiger partial charge in [0.1, 0.15) is 5.78 Å². The highest BCUT2D eigenvalue weighted by Crippen LogP contribution is 2.66. The molecule has 0 aromatic carbocycles. The normalized spacial score (nSPS) is 42.7. The van der Waals surface area contributed by atoms with Crippen molar-refractivity contribution in [3.8, 4) is 0 Å². The molecule has 0 aromatic heterocycles. The van der Waals surface area contributed by atoms with E-state index in [1.165, 1.54) is 0 Å². The Morgan fingerprint density at radius 3 is 2.50 bits per heavy atom. The van der Waals surface area contributed by atoms with Gasteiger partial charge in [-0.05, 0) is 30.6 Å². The number of fused-ring (bicyclic) bond motifs is 2. The van der Waals surface area contributed by atoms with Crippen LogP contribution in [0.2, 0.25) is 0 Å². The molecular weight excluding hydrogens is 200 g/mol. The molecule has 0 aliphatic heterocycles. The molecular formula is C14H24O2. The van der Waals surface area contributed by atoms with Crippen LogP contribution >= 0.6 is 0 Å². The average Bonchev–Trinajstić information content (AvgIpc) is 2.50. The van der Waals surface area contributed by atoms with Crippen LogP contribution in [0.15, 0.2) is 0 Å². The van der Waals surface area contributed by atoms with Crippen molar-refractivity contribution in [3.05, 3.63) is 0 Å². The van der Waals surface area contributed by atoms with Gasteiger partial charge in [0.15, 0.2) is 0 Å². The van der Waals surface area contributed by atoms with Crippen LogP contribution in [-0.4, -0.2) is 17.0 Å². The molecule has 0 heterocycles. The predicted octanol–water partition coefficient (Wildman–Crippen LogP) is 2.79. The van der Waals surface area contributed by atoms with Crippen LogP contribution in [-0.2, 0) is 4.79 Å². The van der Waals surface area contributed by atoms with E-state index in [4.69, 9.17) is 0 Å². The van der Waals surface area contributed by atoms with Crippen LogP contribution in [0.5, 0.6) is 0 Å². The van der Waals surface area contributed by atoms with E-state index in [2.05, 4.69) is 27.7 Å². The molecule has 2 rings (SSSR count). The number of carbonyl (C=O) groups is 1. The van der Waals surface area contributed by atoms with Crippen LogP contribution < -0.4 is 0 Å². The molecule has 4 atom stereocenters. The largest absolute Gasteiger partial charge is 0.392 e. The van der Waals surface area contributed by atoms with E-state index in [9.17, 15) is 9.90 Å². The summed E-state index contributed by atoms with van der Waals surface area (Å²) in [6, 6.07) is 0. The van der Waals surface area contributed by atoms with Gasteiger partial charge < -0.3 is 5.11 Å². The van der Waals surface area contributed by atoms with E-state index >= 15 is 0 Å². The summed E-state index contributed by atoms with van der Waals surface area (Å²) in [4.78, 5) is 12.5. The molecule has 0 unspecified atom stereocenters. The lowest BCUT2D eigenvalue weighted by molar-refractivity contribution is -0.135. The second kappa shape index (κ2) is 3.56. The number of aliphatic hydroxyl groups is 1. The molecule has 16 heavy (non-hydrogen) atoms. The van der Waals surface area contributed by atoms with Crippen LogP contribution in [0.4, 0.5) is 0 Å². The maximum Gasteiger partial charge on any atom is 0.145 e. The summed E-state index contributed by atoms with van der Waals surface area (Å²) in [7, 11) is 0. The van der Waals surface area contributed by atoms with Crippen LogP contribution in [0, 0.1) is 22.7 Å². The molecule has 0 aromatic rings. The Bertz CT molecular complexity index is 308. The first-order chi connectivity index (χ1) is 7.36. The van der Waals surface area contributed by atoms with Crippen molar-refractivity contribution in [2.45, 2.75) is 59.5 Å². The lowest BCUT2D eigenvalue weighted by Crippen LogP contribution is -2.37. The topological polar surface area (TPSA) is 37.3 Å². The maximum atomic E-state index is 12.5. The lowest BCUT2D eigenvalue weighted by atomic mass is 9.70. The zero-order chi connectivity index (χ0) is 12.1. The van der Waals surface area contributed by atoms with Crippen molar-refractivity contribution < 1.29 is 9.90 Å². The summed E-state index contributed by atoms with van der Waals surface area (Å²) < 4.78 is 0. The SMILES string of the molecule is CCC[C@H](O)[C@H]1C(=O)[C@]2(C)CC[C@H]1C2(C)C. The molecule has 2 saturated carbocycles. The fourth-order valence-corrected chi connectivity index (χ4v) is 4.07. The lowest BCUT2D eigenvalue weighted by Gasteiger charge is -2.32. The monoisotopic (exact) mass is 224 g/mol. The minimum atomic E-state index is -0.413. The van der Waals surface area contributed by atoms with Gasteiger partial charge in [-0.3, -0.25) is 4.79 Å². The van der Waals surface area contributed by atoms with E-state index in [1.54, 1.807) is 0 Å². The Balaban J connectivity index is 2.29. The number of Topliss-reactive ketones (excluding diaryl/α,β-unsaturated/α-hetero) is 1. The summed E-state index contributed by atoms with van der Waals surface area (Å²) in [5.74, 6) is 0.634. The summed E-state index contributed by atoms with van der Waals surface area (Å²) in [5.41, 5.74) is -0.111. The van der Waals surface area contributed by atoms with E-state index in [0.29, 0.717) is 11.7 Å². The second-order valence-corrected chi connectivity index (χ2v) is 6.45. The first-order valence-electron chi connectivity index (χ1n) is 6.58. The van der Waals surface area contributed by atoms with Gasteiger partial charge in [-0.2, -0.15) is 0 Å². The fraction of sp³-hybridized carbons (Fsp3) is 0.929. The third-order valence-electron chi connectivity index (χ3n) is 5.58. The number of ketones is 1. The molecule has 0 radical (unpaired) electrons. The summed E-state index contributed by atoms with van der Waals surface area (Å²) in [6.45, 7) is 8.59. The zero-order valence-electron chi connectivity index (χ0n) is 10.9. The van der Waals surface area contributed by atoms with E-state index < -0.39 is 6.10 Å². The minimum Gasteiger partial charge on any atom is -0.392 e. The Morgan fingerprint density at radius 2 is 2.06 bits per heavy atom. The second-order valence-electron chi connectivity index (χ2n) is 6.45. The van der Waals surface area contributed by atoms with Crippen LogP contribution in [0.25, 0.3) is 0 Å².